The van der Waals surface area contributed by atoms with Crippen LogP contribution in [0.2, 0.25) is 0 Å². The van der Waals surface area contributed by atoms with Crippen LogP contribution in [0.4, 0.5) is 0 Å². The molecule has 2 aromatic rings. The van der Waals surface area contributed by atoms with Crippen molar-refractivity contribution < 1.29 is 9.47 Å². The van der Waals surface area contributed by atoms with E-state index in [9.17, 15) is 4.79 Å². The summed E-state index contributed by atoms with van der Waals surface area (Å²) in [6.07, 6.45) is 4.50. The summed E-state index contributed by atoms with van der Waals surface area (Å²) in [5, 5.41) is 0. The Morgan fingerprint density at radius 1 is 0.955 bits per heavy atom. The Morgan fingerprint density at radius 3 is 2.55 bits per heavy atom. The molecule has 0 N–H and O–H groups in total. The summed E-state index contributed by atoms with van der Waals surface area (Å²) in [4.78, 5) is 12.2. The highest BCUT2D eigenvalue weighted by molar-refractivity contribution is 5.20. The van der Waals surface area contributed by atoms with Crippen LogP contribution in [-0.4, -0.2) is 17.8 Å². The summed E-state index contributed by atoms with van der Waals surface area (Å²) in [5.41, 5.74) is -0.0556. The Morgan fingerprint density at radius 2 is 1.77 bits per heavy atom. The number of hydrogen-bond donors (Lipinski definition) is 0. The molecule has 0 radical (unpaired) electrons. The van der Waals surface area contributed by atoms with Crippen molar-refractivity contribution in [2.75, 3.05) is 13.2 Å². The number of pyridine rings is 1. The van der Waals surface area contributed by atoms with Crippen molar-refractivity contribution in [2.45, 2.75) is 32.7 Å². The van der Waals surface area contributed by atoms with Crippen LogP contribution in [0.15, 0.2) is 53.5 Å². The van der Waals surface area contributed by atoms with E-state index in [1.165, 1.54) is 0 Å². The normalized spacial score (nSPS) is 10.4. The van der Waals surface area contributed by atoms with Crippen LogP contribution in [-0.2, 0) is 6.54 Å². The Hall–Kier alpha value is -2.23. The molecule has 0 fully saturated rings. The third-order valence-corrected chi connectivity index (χ3v) is 3.25. The van der Waals surface area contributed by atoms with Crippen molar-refractivity contribution in [3.05, 3.63) is 59.0 Å². The van der Waals surface area contributed by atoms with E-state index < -0.39 is 0 Å². The van der Waals surface area contributed by atoms with Gasteiger partial charge in [0.15, 0.2) is 5.75 Å². The van der Waals surface area contributed by atoms with E-state index in [0.717, 1.165) is 25.0 Å². The van der Waals surface area contributed by atoms with Crippen LogP contribution in [0.1, 0.15) is 26.2 Å². The second kappa shape index (κ2) is 8.93. The van der Waals surface area contributed by atoms with Crippen molar-refractivity contribution in [3.8, 4) is 11.5 Å². The minimum absolute atomic E-state index is 0.0556. The second-order valence-electron chi connectivity index (χ2n) is 5.09. The Kier molecular flexibility index (Phi) is 6.55. The van der Waals surface area contributed by atoms with Gasteiger partial charge in [0, 0.05) is 12.7 Å². The number of aromatic nitrogens is 1. The zero-order valence-corrected chi connectivity index (χ0v) is 13.0. The highest BCUT2D eigenvalue weighted by Gasteiger charge is 2.03. The van der Waals surface area contributed by atoms with Crippen molar-refractivity contribution in [1.29, 1.82) is 0 Å². The molecule has 4 heteroatoms. The van der Waals surface area contributed by atoms with E-state index >= 15 is 0 Å². The first-order valence-electron chi connectivity index (χ1n) is 7.81. The molecule has 22 heavy (non-hydrogen) atoms. The molecule has 1 heterocycles. The first-order chi connectivity index (χ1) is 10.8. The van der Waals surface area contributed by atoms with Gasteiger partial charge in [0.25, 0.3) is 5.56 Å². The minimum atomic E-state index is -0.0556. The molecule has 0 amide bonds. The fourth-order valence-corrected chi connectivity index (χ4v) is 2.10. The molecule has 0 aliphatic heterocycles. The fourth-order valence-electron chi connectivity index (χ4n) is 2.10. The minimum Gasteiger partial charge on any atom is -0.494 e. The molecule has 118 valence electrons. The van der Waals surface area contributed by atoms with E-state index in [1.54, 1.807) is 16.8 Å². The number of nitrogens with zero attached hydrogens (tertiary/aromatic N) is 1. The average molecular weight is 301 g/mol. The molecule has 1 aromatic heterocycles. The highest BCUT2D eigenvalue weighted by atomic mass is 16.5. The van der Waals surface area contributed by atoms with Crippen LogP contribution >= 0.6 is 0 Å². The standard InChI is InChI=1S/C18H23NO3/c1-2-14-22-17-11-8-13-19(18(17)20)12-6-7-15-21-16-9-4-3-5-10-16/h3-5,8-11,13H,2,6-7,12,14-15H2,1H3. The first kappa shape index (κ1) is 16.1. The van der Waals surface area contributed by atoms with Gasteiger partial charge in [-0.05, 0) is 43.5 Å². The topological polar surface area (TPSA) is 40.5 Å². The number of unbranched alkanes of at least 4 members (excludes halogenated alkanes) is 1. The average Bonchev–Trinajstić information content (AvgIpc) is 2.56. The molecule has 4 nitrogen and oxygen atoms in total. The number of para-hydroxylation sites is 1. The van der Waals surface area contributed by atoms with E-state index in [1.807, 2.05) is 43.3 Å². The summed E-state index contributed by atoms with van der Waals surface area (Å²) in [6, 6.07) is 13.3. The molecule has 0 unspecified atom stereocenters. The summed E-state index contributed by atoms with van der Waals surface area (Å²) in [7, 11) is 0. The number of benzene rings is 1. The Bertz CT molecular complexity index is 607. The Labute approximate surface area is 131 Å². The number of ether oxygens (including phenoxy) is 2. The maximum atomic E-state index is 12.2. The van der Waals surface area contributed by atoms with Gasteiger partial charge in [-0.15, -0.1) is 0 Å². The van der Waals surface area contributed by atoms with E-state index in [-0.39, 0.29) is 5.56 Å². The van der Waals surface area contributed by atoms with E-state index in [4.69, 9.17) is 9.47 Å². The number of rotatable bonds is 9. The SMILES string of the molecule is CCCOc1cccn(CCCCOc2ccccc2)c1=O. The lowest BCUT2D eigenvalue weighted by Crippen LogP contribution is -2.21. The first-order valence-corrected chi connectivity index (χ1v) is 7.81. The third kappa shape index (κ3) is 4.95. The lowest BCUT2D eigenvalue weighted by atomic mass is 10.3. The highest BCUT2D eigenvalue weighted by Crippen LogP contribution is 2.09. The predicted octanol–water partition coefficient (Wildman–Crippen LogP) is 3.50. The molecular weight excluding hydrogens is 278 g/mol. The summed E-state index contributed by atoms with van der Waals surface area (Å²) < 4.78 is 12.8. The van der Waals surface area contributed by atoms with Crippen LogP contribution in [0.25, 0.3) is 0 Å². The van der Waals surface area contributed by atoms with E-state index in [2.05, 4.69) is 0 Å². The predicted molar refractivity (Wildman–Crippen MR) is 87.7 cm³/mol. The molecule has 2 rings (SSSR count). The zero-order valence-electron chi connectivity index (χ0n) is 13.0. The third-order valence-electron chi connectivity index (χ3n) is 3.25. The molecule has 0 bridgehead atoms. The number of aryl methyl sites for hydroxylation is 1. The molecule has 0 spiro atoms. The zero-order chi connectivity index (χ0) is 15.6. The van der Waals surface area contributed by atoms with Crippen molar-refractivity contribution >= 4 is 0 Å². The molecule has 1 aromatic carbocycles. The van der Waals surface area contributed by atoms with Gasteiger partial charge in [-0.2, -0.15) is 0 Å². The molecule has 0 saturated heterocycles. The summed E-state index contributed by atoms with van der Waals surface area (Å²) >= 11 is 0. The Balaban J connectivity index is 1.76. The van der Waals surface area contributed by atoms with Gasteiger partial charge in [-0.25, -0.2) is 0 Å². The molecule has 0 aliphatic carbocycles. The largest absolute Gasteiger partial charge is 0.494 e. The van der Waals surface area contributed by atoms with Gasteiger partial charge >= 0.3 is 0 Å². The summed E-state index contributed by atoms with van der Waals surface area (Å²) in [5.74, 6) is 1.32. The maximum absolute atomic E-state index is 12.2. The monoisotopic (exact) mass is 301 g/mol. The van der Waals surface area contributed by atoms with Gasteiger partial charge in [-0.1, -0.05) is 25.1 Å². The lowest BCUT2D eigenvalue weighted by Gasteiger charge is -2.09. The molecule has 0 aliphatic rings. The van der Waals surface area contributed by atoms with E-state index in [0.29, 0.717) is 25.5 Å². The van der Waals surface area contributed by atoms with Crippen molar-refractivity contribution in [3.63, 3.8) is 0 Å². The van der Waals surface area contributed by atoms with Gasteiger partial charge in [0.2, 0.25) is 0 Å². The van der Waals surface area contributed by atoms with Gasteiger partial charge in [-0.3, -0.25) is 4.79 Å². The fraction of sp³-hybridized carbons (Fsp3) is 0.389. The second-order valence-corrected chi connectivity index (χ2v) is 5.09. The molecule has 0 atom stereocenters. The van der Waals surface area contributed by atoms with Crippen LogP contribution in [0, 0.1) is 0 Å². The maximum Gasteiger partial charge on any atom is 0.292 e. The molecule has 0 saturated carbocycles. The van der Waals surface area contributed by atoms with Gasteiger partial charge in [0.1, 0.15) is 5.75 Å². The number of hydrogen-bond acceptors (Lipinski definition) is 3. The van der Waals surface area contributed by atoms with Gasteiger partial charge in [0.05, 0.1) is 13.2 Å². The lowest BCUT2D eigenvalue weighted by molar-refractivity contribution is 0.299. The van der Waals surface area contributed by atoms with Gasteiger partial charge < -0.3 is 14.0 Å². The van der Waals surface area contributed by atoms with Crippen LogP contribution in [0.5, 0.6) is 11.5 Å². The quantitative estimate of drug-likeness (QED) is 0.666. The smallest absolute Gasteiger partial charge is 0.292 e. The van der Waals surface area contributed by atoms with Crippen LogP contribution in [0.3, 0.4) is 0 Å². The van der Waals surface area contributed by atoms with Crippen molar-refractivity contribution in [1.82, 2.24) is 4.57 Å². The molecular formula is C18H23NO3. The van der Waals surface area contributed by atoms with Crippen LogP contribution < -0.4 is 15.0 Å². The van der Waals surface area contributed by atoms with Crippen molar-refractivity contribution in [2.24, 2.45) is 0 Å². The summed E-state index contributed by atoms with van der Waals surface area (Å²) in [6.45, 7) is 3.93.